The van der Waals surface area contributed by atoms with Gasteiger partial charge in [-0.2, -0.15) is 4.31 Å². The SMILES string of the molecule is COc1ccc([C@@H](C)NC(=O)CN(C)S(=O)(=O)c2ccccc2)cc1. The third kappa shape index (κ3) is 4.80. The summed E-state index contributed by atoms with van der Waals surface area (Å²) >= 11 is 0. The standard InChI is InChI=1S/C18H22N2O4S/c1-14(15-9-11-16(24-3)12-10-15)19-18(21)13-20(2)25(22,23)17-7-5-4-6-8-17/h4-12,14H,13H2,1-3H3,(H,19,21)/t14-/m1/s1. The number of likely N-dealkylation sites (N-methyl/N-ethyl adjacent to an activating group) is 1. The number of ether oxygens (including phenoxy) is 1. The van der Waals surface area contributed by atoms with Crippen LogP contribution in [0.5, 0.6) is 5.75 Å². The summed E-state index contributed by atoms with van der Waals surface area (Å²) in [6.07, 6.45) is 0. The van der Waals surface area contributed by atoms with Gasteiger partial charge in [0.15, 0.2) is 0 Å². The number of benzene rings is 2. The van der Waals surface area contributed by atoms with Crippen molar-refractivity contribution in [2.45, 2.75) is 17.9 Å². The van der Waals surface area contributed by atoms with Crippen LogP contribution in [-0.2, 0) is 14.8 Å². The molecule has 0 unspecified atom stereocenters. The average Bonchev–Trinajstić information content (AvgIpc) is 2.62. The molecule has 0 aliphatic heterocycles. The molecule has 0 spiro atoms. The fourth-order valence-electron chi connectivity index (χ4n) is 2.32. The molecule has 0 aliphatic rings. The Balaban J connectivity index is 1.99. The second-order valence-electron chi connectivity index (χ2n) is 5.64. The molecule has 1 amide bonds. The van der Waals surface area contributed by atoms with Crippen molar-refractivity contribution in [2.75, 3.05) is 20.7 Å². The minimum atomic E-state index is -3.69. The first-order valence-corrected chi connectivity index (χ1v) is 9.23. The van der Waals surface area contributed by atoms with E-state index in [-0.39, 0.29) is 23.4 Å². The molecule has 1 N–H and O–H groups in total. The van der Waals surface area contributed by atoms with Crippen LogP contribution in [0.1, 0.15) is 18.5 Å². The molecule has 0 heterocycles. The van der Waals surface area contributed by atoms with Crippen molar-refractivity contribution < 1.29 is 17.9 Å². The molecule has 0 saturated heterocycles. The number of nitrogens with one attached hydrogen (secondary N) is 1. The Morgan fingerprint density at radius 1 is 1.12 bits per heavy atom. The highest BCUT2D eigenvalue weighted by atomic mass is 32.2. The van der Waals surface area contributed by atoms with Gasteiger partial charge < -0.3 is 10.1 Å². The Hall–Kier alpha value is -2.38. The minimum Gasteiger partial charge on any atom is -0.497 e. The van der Waals surface area contributed by atoms with Crippen LogP contribution in [0.4, 0.5) is 0 Å². The maximum atomic E-state index is 12.4. The van der Waals surface area contributed by atoms with Crippen molar-refractivity contribution in [2.24, 2.45) is 0 Å². The average molecular weight is 362 g/mol. The van der Waals surface area contributed by atoms with Crippen LogP contribution >= 0.6 is 0 Å². The van der Waals surface area contributed by atoms with Gasteiger partial charge in [0, 0.05) is 7.05 Å². The van der Waals surface area contributed by atoms with Gasteiger partial charge in [0.2, 0.25) is 15.9 Å². The summed E-state index contributed by atoms with van der Waals surface area (Å²) in [5, 5.41) is 2.80. The molecule has 2 rings (SSSR count). The lowest BCUT2D eigenvalue weighted by atomic mass is 10.1. The number of rotatable bonds is 7. The molecule has 1 atom stereocenters. The van der Waals surface area contributed by atoms with E-state index in [2.05, 4.69) is 5.32 Å². The second-order valence-corrected chi connectivity index (χ2v) is 7.68. The predicted molar refractivity (Wildman–Crippen MR) is 95.8 cm³/mol. The van der Waals surface area contributed by atoms with Gasteiger partial charge in [-0.15, -0.1) is 0 Å². The highest BCUT2D eigenvalue weighted by Crippen LogP contribution is 2.17. The highest BCUT2D eigenvalue weighted by Gasteiger charge is 2.23. The number of amides is 1. The van der Waals surface area contributed by atoms with Gasteiger partial charge in [0.1, 0.15) is 5.75 Å². The Morgan fingerprint density at radius 3 is 2.28 bits per heavy atom. The van der Waals surface area contributed by atoms with Crippen LogP contribution in [0.15, 0.2) is 59.5 Å². The first-order chi connectivity index (χ1) is 11.8. The van der Waals surface area contributed by atoms with E-state index in [1.54, 1.807) is 25.3 Å². The van der Waals surface area contributed by atoms with E-state index in [0.717, 1.165) is 15.6 Å². The zero-order valence-electron chi connectivity index (χ0n) is 14.5. The molecule has 0 aromatic heterocycles. The van der Waals surface area contributed by atoms with E-state index in [1.807, 2.05) is 31.2 Å². The Kier molecular flexibility index (Phi) is 6.17. The monoisotopic (exact) mass is 362 g/mol. The van der Waals surface area contributed by atoms with Crippen molar-refractivity contribution in [3.63, 3.8) is 0 Å². The Morgan fingerprint density at radius 2 is 1.72 bits per heavy atom. The van der Waals surface area contributed by atoms with Gasteiger partial charge in [-0.05, 0) is 36.8 Å². The van der Waals surface area contributed by atoms with E-state index in [4.69, 9.17) is 4.74 Å². The summed E-state index contributed by atoms with van der Waals surface area (Å²) < 4.78 is 31.0. The molecule has 0 radical (unpaired) electrons. The quantitative estimate of drug-likeness (QED) is 0.819. The van der Waals surface area contributed by atoms with Gasteiger partial charge in [-0.1, -0.05) is 30.3 Å². The van der Waals surface area contributed by atoms with E-state index in [0.29, 0.717) is 0 Å². The van der Waals surface area contributed by atoms with Crippen molar-refractivity contribution in [3.05, 3.63) is 60.2 Å². The summed E-state index contributed by atoms with van der Waals surface area (Å²) in [5.41, 5.74) is 0.905. The Bertz CT molecular complexity index is 805. The van der Waals surface area contributed by atoms with Crippen molar-refractivity contribution in [1.82, 2.24) is 9.62 Å². The number of methoxy groups -OCH3 is 1. The third-order valence-corrected chi connectivity index (χ3v) is 5.63. The third-order valence-electron chi connectivity index (χ3n) is 3.81. The maximum absolute atomic E-state index is 12.4. The fraction of sp³-hybridized carbons (Fsp3) is 0.278. The molecule has 0 aliphatic carbocycles. The van der Waals surface area contributed by atoms with Crippen LogP contribution in [0.2, 0.25) is 0 Å². The van der Waals surface area contributed by atoms with E-state index in [1.165, 1.54) is 19.2 Å². The highest BCUT2D eigenvalue weighted by molar-refractivity contribution is 7.89. The number of carbonyl (C=O) groups is 1. The van der Waals surface area contributed by atoms with Crippen LogP contribution in [0, 0.1) is 0 Å². The first kappa shape index (κ1) is 19.0. The van der Waals surface area contributed by atoms with Gasteiger partial charge in [-0.25, -0.2) is 8.42 Å². The molecule has 0 fully saturated rings. The lowest BCUT2D eigenvalue weighted by Crippen LogP contribution is -2.39. The zero-order chi connectivity index (χ0) is 18.4. The number of hydrogen-bond acceptors (Lipinski definition) is 4. The lowest BCUT2D eigenvalue weighted by Gasteiger charge is -2.19. The van der Waals surface area contributed by atoms with Gasteiger partial charge in [0.05, 0.1) is 24.6 Å². The molecule has 6 nitrogen and oxygen atoms in total. The second kappa shape index (κ2) is 8.13. The minimum absolute atomic E-state index is 0.161. The van der Waals surface area contributed by atoms with Gasteiger partial charge >= 0.3 is 0 Å². The number of sulfonamides is 1. The van der Waals surface area contributed by atoms with Crippen LogP contribution in [0.3, 0.4) is 0 Å². The van der Waals surface area contributed by atoms with E-state index >= 15 is 0 Å². The normalized spacial score (nSPS) is 12.6. The number of carbonyl (C=O) groups excluding carboxylic acids is 1. The number of nitrogens with zero attached hydrogens (tertiary/aromatic N) is 1. The van der Waals surface area contributed by atoms with Crippen LogP contribution < -0.4 is 10.1 Å². The first-order valence-electron chi connectivity index (χ1n) is 7.79. The largest absolute Gasteiger partial charge is 0.497 e. The summed E-state index contributed by atoms with van der Waals surface area (Å²) in [6.45, 7) is 1.59. The molecule has 25 heavy (non-hydrogen) atoms. The van der Waals surface area contributed by atoms with Crippen molar-refractivity contribution in [3.8, 4) is 5.75 Å². The smallest absolute Gasteiger partial charge is 0.243 e. The van der Waals surface area contributed by atoms with Gasteiger partial charge in [0.25, 0.3) is 0 Å². The fourth-order valence-corrected chi connectivity index (χ4v) is 3.47. The molecule has 0 saturated carbocycles. The molecular weight excluding hydrogens is 340 g/mol. The lowest BCUT2D eigenvalue weighted by molar-refractivity contribution is -0.121. The van der Waals surface area contributed by atoms with E-state index < -0.39 is 10.0 Å². The molecule has 2 aromatic carbocycles. The summed E-state index contributed by atoms with van der Waals surface area (Å²) in [4.78, 5) is 12.4. The van der Waals surface area contributed by atoms with Crippen LogP contribution in [0.25, 0.3) is 0 Å². The van der Waals surface area contributed by atoms with E-state index in [9.17, 15) is 13.2 Å². The maximum Gasteiger partial charge on any atom is 0.243 e. The molecule has 2 aromatic rings. The topological polar surface area (TPSA) is 75.7 Å². The summed E-state index contributed by atoms with van der Waals surface area (Å²) in [6, 6.07) is 15.1. The van der Waals surface area contributed by atoms with Crippen LogP contribution in [-0.4, -0.2) is 39.3 Å². The summed E-state index contributed by atoms with van der Waals surface area (Å²) in [5.74, 6) is 0.362. The van der Waals surface area contributed by atoms with Gasteiger partial charge in [-0.3, -0.25) is 4.79 Å². The molecule has 7 heteroatoms. The van der Waals surface area contributed by atoms with Crippen molar-refractivity contribution >= 4 is 15.9 Å². The number of hydrogen-bond donors (Lipinski definition) is 1. The molecule has 134 valence electrons. The molecular formula is C18H22N2O4S. The van der Waals surface area contributed by atoms with Crippen molar-refractivity contribution in [1.29, 1.82) is 0 Å². The summed E-state index contributed by atoms with van der Waals surface area (Å²) in [7, 11) is -0.712. The predicted octanol–water partition coefficient (Wildman–Crippen LogP) is 2.19. The molecule has 0 bridgehead atoms. The Labute approximate surface area is 148 Å². The zero-order valence-corrected chi connectivity index (χ0v) is 15.3.